The molecule has 4 rings (SSSR count). The minimum atomic E-state index is -0.296. The molecule has 0 bridgehead atoms. The van der Waals surface area contributed by atoms with Gasteiger partial charge in [-0.05, 0) is 71.7 Å². The van der Waals surface area contributed by atoms with E-state index in [-0.39, 0.29) is 22.9 Å². The second kappa shape index (κ2) is 7.62. The Morgan fingerprint density at radius 1 is 0.929 bits per heavy atom. The van der Waals surface area contributed by atoms with Crippen LogP contribution >= 0.6 is 0 Å². The summed E-state index contributed by atoms with van der Waals surface area (Å²) in [5.74, 6) is 1.28. The van der Waals surface area contributed by atoms with Crippen LogP contribution in [0.2, 0.25) is 0 Å². The number of amidine groups is 1. The molecule has 28 heavy (non-hydrogen) atoms. The van der Waals surface area contributed by atoms with Crippen LogP contribution in [-0.4, -0.2) is 41.3 Å². The molecule has 0 N–H and O–H groups in total. The minimum Gasteiger partial charge on any atom is -0.293 e. The Labute approximate surface area is 170 Å². The average Bonchev–Trinajstić information content (AvgIpc) is 2.90. The molecule has 1 aromatic rings. The van der Waals surface area contributed by atoms with Crippen molar-refractivity contribution < 1.29 is 4.79 Å². The number of likely N-dealkylation sites (tertiary alicyclic amines) is 1. The molecule has 2 saturated heterocycles. The maximum absolute atomic E-state index is 14.1. The summed E-state index contributed by atoms with van der Waals surface area (Å²) in [6, 6.07) is 10.3. The zero-order valence-electron chi connectivity index (χ0n) is 17.8. The highest BCUT2D eigenvalue weighted by Gasteiger charge is 2.60. The molecule has 3 aliphatic rings. The molecule has 2 aliphatic heterocycles. The maximum Gasteiger partial charge on any atom is 0.240 e. The van der Waals surface area contributed by atoms with Crippen molar-refractivity contribution in [2.45, 2.75) is 83.7 Å². The van der Waals surface area contributed by atoms with Crippen molar-refractivity contribution in [3.63, 3.8) is 0 Å². The monoisotopic (exact) mass is 381 g/mol. The second-order valence-electron chi connectivity index (χ2n) is 9.83. The molecule has 1 saturated carbocycles. The smallest absolute Gasteiger partial charge is 0.240 e. The zero-order valence-corrected chi connectivity index (χ0v) is 17.8. The van der Waals surface area contributed by atoms with Gasteiger partial charge >= 0.3 is 0 Å². The second-order valence-corrected chi connectivity index (χ2v) is 9.83. The van der Waals surface area contributed by atoms with Gasteiger partial charge in [0.1, 0.15) is 5.84 Å². The lowest BCUT2D eigenvalue weighted by molar-refractivity contribution is -0.130. The van der Waals surface area contributed by atoms with Gasteiger partial charge in [0.2, 0.25) is 5.91 Å². The predicted octanol–water partition coefficient (Wildman–Crippen LogP) is 5.04. The standard InChI is InChI=1S/C24H35N3O/c1-23(2,3)25-21-20(26-17-11-6-12-18-26)24(15-9-5-10-16-24)22(28)27(21)19-13-7-4-8-14-19/h4,7-8,13-14,20H,5-6,9-12,15-18H2,1-3H3. The molecule has 1 aliphatic carbocycles. The summed E-state index contributed by atoms with van der Waals surface area (Å²) in [6.45, 7) is 8.61. The summed E-state index contributed by atoms with van der Waals surface area (Å²) in [5, 5.41) is 0. The van der Waals surface area contributed by atoms with Gasteiger partial charge in [-0.3, -0.25) is 19.6 Å². The van der Waals surface area contributed by atoms with Crippen molar-refractivity contribution in [2.24, 2.45) is 10.4 Å². The van der Waals surface area contributed by atoms with Gasteiger partial charge in [0.15, 0.2) is 0 Å². The molecule has 4 heteroatoms. The summed E-state index contributed by atoms with van der Waals surface area (Å²) >= 11 is 0. The third kappa shape index (κ3) is 3.52. The summed E-state index contributed by atoms with van der Waals surface area (Å²) in [5.41, 5.74) is 0.465. The van der Waals surface area contributed by atoms with E-state index in [4.69, 9.17) is 4.99 Å². The van der Waals surface area contributed by atoms with Gasteiger partial charge in [-0.15, -0.1) is 0 Å². The molecule has 1 amide bonds. The molecule has 1 spiro atoms. The topological polar surface area (TPSA) is 35.9 Å². The molecule has 0 aromatic heterocycles. The normalized spacial score (nSPS) is 27.7. The highest BCUT2D eigenvalue weighted by atomic mass is 16.2. The van der Waals surface area contributed by atoms with Gasteiger partial charge in [0.05, 0.1) is 22.7 Å². The van der Waals surface area contributed by atoms with Crippen LogP contribution in [-0.2, 0) is 4.79 Å². The van der Waals surface area contributed by atoms with Crippen molar-refractivity contribution >= 4 is 17.4 Å². The average molecular weight is 382 g/mol. The number of rotatable bonds is 2. The first kappa shape index (κ1) is 19.6. The highest BCUT2D eigenvalue weighted by Crippen LogP contribution is 2.49. The van der Waals surface area contributed by atoms with Crippen molar-refractivity contribution in [3.05, 3.63) is 30.3 Å². The number of anilines is 1. The third-order valence-corrected chi connectivity index (χ3v) is 6.59. The SMILES string of the molecule is CC(C)(C)N=C1C(N2CCCCC2)C2(CCCCC2)C(=O)N1c1ccccc1. The van der Waals surface area contributed by atoms with E-state index in [1.807, 2.05) is 23.1 Å². The van der Waals surface area contributed by atoms with Crippen LogP contribution in [0.5, 0.6) is 0 Å². The molecule has 1 atom stereocenters. The maximum atomic E-state index is 14.1. The van der Waals surface area contributed by atoms with Crippen molar-refractivity contribution in [2.75, 3.05) is 18.0 Å². The van der Waals surface area contributed by atoms with Crippen LogP contribution in [0.25, 0.3) is 0 Å². The van der Waals surface area contributed by atoms with E-state index in [9.17, 15) is 4.79 Å². The lowest BCUT2D eigenvalue weighted by Gasteiger charge is -2.43. The summed E-state index contributed by atoms with van der Waals surface area (Å²) in [6.07, 6.45) is 9.32. The number of hydrogen-bond acceptors (Lipinski definition) is 3. The predicted molar refractivity (Wildman–Crippen MR) is 116 cm³/mol. The van der Waals surface area contributed by atoms with Crippen LogP contribution in [0.4, 0.5) is 5.69 Å². The van der Waals surface area contributed by atoms with Gasteiger partial charge < -0.3 is 0 Å². The minimum absolute atomic E-state index is 0.125. The number of hydrogen-bond donors (Lipinski definition) is 0. The van der Waals surface area contributed by atoms with Gasteiger partial charge in [-0.2, -0.15) is 0 Å². The van der Waals surface area contributed by atoms with E-state index in [1.165, 1.54) is 25.7 Å². The summed E-state index contributed by atoms with van der Waals surface area (Å²) in [7, 11) is 0. The number of amides is 1. The molecule has 152 valence electrons. The molecule has 1 unspecified atom stereocenters. The van der Waals surface area contributed by atoms with Gasteiger partial charge in [0, 0.05) is 0 Å². The van der Waals surface area contributed by atoms with Crippen molar-refractivity contribution in [3.8, 4) is 0 Å². The van der Waals surface area contributed by atoms with Crippen LogP contribution in [0.1, 0.15) is 72.1 Å². The Kier molecular flexibility index (Phi) is 5.34. The fourth-order valence-corrected chi connectivity index (χ4v) is 5.45. The van der Waals surface area contributed by atoms with Gasteiger partial charge in [-0.25, -0.2) is 0 Å². The van der Waals surface area contributed by atoms with Crippen LogP contribution in [0.15, 0.2) is 35.3 Å². The quantitative estimate of drug-likeness (QED) is 0.720. The van der Waals surface area contributed by atoms with Gasteiger partial charge in [0.25, 0.3) is 0 Å². The first-order valence-corrected chi connectivity index (χ1v) is 11.2. The Morgan fingerprint density at radius 3 is 2.14 bits per heavy atom. The number of carbonyl (C=O) groups excluding carboxylic acids is 1. The van der Waals surface area contributed by atoms with Crippen LogP contribution in [0, 0.1) is 5.41 Å². The Bertz CT molecular complexity index is 722. The number of para-hydroxylation sites is 1. The number of benzene rings is 1. The zero-order chi connectivity index (χ0) is 19.8. The number of carbonyl (C=O) groups is 1. The fourth-order valence-electron chi connectivity index (χ4n) is 5.45. The molecule has 1 aromatic carbocycles. The lowest BCUT2D eigenvalue weighted by atomic mass is 9.69. The van der Waals surface area contributed by atoms with Crippen molar-refractivity contribution in [1.82, 2.24) is 4.90 Å². The highest BCUT2D eigenvalue weighted by molar-refractivity contribution is 6.27. The van der Waals surface area contributed by atoms with Crippen molar-refractivity contribution in [1.29, 1.82) is 0 Å². The summed E-state index contributed by atoms with van der Waals surface area (Å²) < 4.78 is 0. The molecule has 3 fully saturated rings. The first-order chi connectivity index (χ1) is 13.4. The number of aliphatic imine (C=N–C) groups is 1. The third-order valence-electron chi connectivity index (χ3n) is 6.59. The molecule has 0 radical (unpaired) electrons. The molecule has 2 heterocycles. The van der Waals surface area contributed by atoms with Crippen LogP contribution in [0.3, 0.4) is 0 Å². The summed E-state index contributed by atoms with van der Waals surface area (Å²) in [4.78, 5) is 23.8. The first-order valence-electron chi connectivity index (χ1n) is 11.2. The van der Waals surface area contributed by atoms with E-state index in [2.05, 4.69) is 37.8 Å². The van der Waals surface area contributed by atoms with Gasteiger partial charge in [-0.1, -0.05) is 43.9 Å². The van der Waals surface area contributed by atoms with E-state index >= 15 is 0 Å². The van der Waals surface area contributed by atoms with E-state index in [0.717, 1.165) is 50.3 Å². The Morgan fingerprint density at radius 2 is 1.54 bits per heavy atom. The number of nitrogens with zero attached hydrogens (tertiary/aromatic N) is 3. The Hall–Kier alpha value is -1.68. The van der Waals surface area contributed by atoms with E-state index in [1.54, 1.807) is 0 Å². The van der Waals surface area contributed by atoms with E-state index in [0.29, 0.717) is 0 Å². The molecular formula is C24H35N3O. The fraction of sp³-hybridized carbons (Fsp3) is 0.667. The lowest BCUT2D eigenvalue weighted by Crippen LogP contribution is -2.53. The molecule has 4 nitrogen and oxygen atoms in total. The largest absolute Gasteiger partial charge is 0.293 e. The van der Waals surface area contributed by atoms with Crippen LogP contribution < -0.4 is 4.90 Å². The Balaban J connectivity index is 1.87. The number of piperidine rings is 1. The molecular weight excluding hydrogens is 346 g/mol. The van der Waals surface area contributed by atoms with E-state index < -0.39 is 0 Å².